The second kappa shape index (κ2) is 7.58. The van der Waals surface area contributed by atoms with Crippen LogP contribution in [-0.4, -0.2) is 48.3 Å². The largest absolute Gasteiger partial charge is 0.454 e. The highest BCUT2D eigenvalue weighted by atomic mass is 16.5. The maximum atomic E-state index is 12.5. The lowest BCUT2D eigenvalue weighted by molar-refractivity contribution is -0.154. The molecule has 3 aliphatic rings. The van der Waals surface area contributed by atoms with Gasteiger partial charge in [0.1, 0.15) is 6.54 Å². The van der Waals surface area contributed by atoms with Gasteiger partial charge in [-0.15, -0.1) is 0 Å². The first-order chi connectivity index (χ1) is 13.6. The van der Waals surface area contributed by atoms with E-state index in [9.17, 15) is 19.2 Å². The van der Waals surface area contributed by atoms with E-state index in [4.69, 9.17) is 4.74 Å². The first-order valence-corrected chi connectivity index (χ1v) is 9.60. The summed E-state index contributed by atoms with van der Waals surface area (Å²) < 4.78 is 5.09. The van der Waals surface area contributed by atoms with Crippen molar-refractivity contribution in [1.29, 1.82) is 0 Å². The molecule has 7 nitrogen and oxygen atoms in total. The molecule has 0 saturated carbocycles. The first-order valence-electron chi connectivity index (χ1n) is 9.60. The molecule has 1 fully saturated rings. The summed E-state index contributed by atoms with van der Waals surface area (Å²) in [7, 11) is 0. The Hall–Kier alpha value is -2.96. The molecule has 2 atom stereocenters. The zero-order valence-corrected chi connectivity index (χ0v) is 15.5. The summed E-state index contributed by atoms with van der Waals surface area (Å²) >= 11 is 0. The predicted octanol–water partition coefficient (Wildman–Crippen LogP) is 1.46. The molecule has 0 radical (unpaired) electrons. The number of carbonyl (C=O) groups is 4. The number of hydrogen-bond donors (Lipinski definition) is 0. The molecule has 1 aromatic rings. The van der Waals surface area contributed by atoms with Crippen molar-refractivity contribution in [1.82, 2.24) is 4.90 Å². The number of ether oxygens (including phenoxy) is 1. The van der Waals surface area contributed by atoms with Crippen LogP contribution in [0.1, 0.15) is 24.8 Å². The number of nitrogens with zero attached hydrogens (tertiary/aromatic N) is 2. The van der Waals surface area contributed by atoms with Gasteiger partial charge in [0.05, 0.1) is 11.8 Å². The van der Waals surface area contributed by atoms with E-state index in [0.29, 0.717) is 19.4 Å². The highest BCUT2D eigenvalue weighted by Crippen LogP contribution is 2.34. The van der Waals surface area contributed by atoms with E-state index in [2.05, 4.69) is 0 Å². The third-order valence-electron chi connectivity index (χ3n) is 5.65. The molecule has 146 valence electrons. The molecular weight excluding hydrogens is 360 g/mol. The first kappa shape index (κ1) is 18.4. The van der Waals surface area contributed by atoms with Gasteiger partial charge in [-0.3, -0.25) is 24.1 Å². The van der Waals surface area contributed by atoms with Crippen molar-refractivity contribution >= 4 is 29.4 Å². The van der Waals surface area contributed by atoms with Crippen molar-refractivity contribution in [2.24, 2.45) is 11.8 Å². The highest BCUT2D eigenvalue weighted by molar-refractivity contribution is 6.07. The van der Waals surface area contributed by atoms with E-state index < -0.39 is 19.1 Å². The SMILES string of the molecule is O=C(CN1C(=O)C2CC=CCC2C1=O)OCC(=O)N1CCCc2ccccc21. The number of carbonyl (C=O) groups excluding carboxylic acids is 4. The number of anilines is 1. The van der Waals surface area contributed by atoms with Crippen molar-refractivity contribution in [2.75, 3.05) is 24.6 Å². The van der Waals surface area contributed by atoms with Crippen LogP contribution in [0.15, 0.2) is 36.4 Å². The molecule has 2 aliphatic heterocycles. The Bertz CT molecular complexity index is 836. The van der Waals surface area contributed by atoms with Gasteiger partial charge < -0.3 is 9.64 Å². The van der Waals surface area contributed by atoms with E-state index in [0.717, 1.165) is 29.0 Å². The maximum absolute atomic E-state index is 12.5. The Morgan fingerprint density at radius 1 is 1.04 bits per heavy atom. The van der Waals surface area contributed by atoms with Gasteiger partial charge in [-0.1, -0.05) is 30.4 Å². The minimum atomic E-state index is -0.744. The number of amides is 3. The van der Waals surface area contributed by atoms with Crippen LogP contribution in [0.3, 0.4) is 0 Å². The van der Waals surface area contributed by atoms with Gasteiger partial charge in [0.25, 0.3) is 5.91 Å². The van der Waals surface area contributed by atoms with Crippen LogP contribution < -0.4 is 4.90 Å². The molecule has 0 spiro atoms. The average molecular weight is 382 g/mol. The number of hydrogen-bond acceptors (Lipinski definition) is 5. The molecular formula is C21H22N2O5. The smallest absolute Gasteiger partial charge is 0.326 e. The number of likely N-dealkylation sites (tertiary alicyclic amines) is 1. The quantitative estimate of drug-likeness (QED) is 0.447. The van der Waals surface area contributed by atoms with Crippen LogP contribution in [0.4, 0.5) is 5.69 Å². The van der Waals surface area contributed by atoms with Crippen molar-refractivity contribution in [2.45, 2.75) is 25.7 Å². The predicted molar refractivity (Wildman–Crippen MR) is 100 cm³/mol. The lowest BCUT2D eigenvalue weighted by atomic mass is 9.85. The Morgan fingerprint density at radius 2 is 1.71 bits per heavy atom. The Kier molecular flexibility index (Phi) is 4.98. The monoisotopic (exact) mass is 382 g/mol. The van der Waals surface area contributed by atoms with Crippen molar-refractivity contribution in [3.05, 3.63) is 42.0 Å². The fourth-order valence-corrected chi connectivity index (χ4v) is 4.21. The third kappa shape index (κ3) is 3.32. The molecule has 0 N–H and O–H groups in total. The van der Waals surface area contributed by atoms with E-state index in [1.807, 2.05) is 36.4 Å². The summed E-state index contributed by atoms with van der Waals surface area (Å²) in [5, 5.41) is 0. The summed E-state index contributed by atoms with van der Waals surface area (Å²) in [6, 6.07) is 7.67. The number of para-hydroxylation sites is 1. The van der Waals surface area contributed by atoms with Crippen molar-refractivity contribution in [3.8, 4) is 0 Å². The van der Waals surface area contributed by atoms with Gasteiger partial charge >= 0.3 is 5.97 Å². The Labute approximate surface area is 162 Å². The van der Waals surface area contributed by atoms with Gasteiger partial charge in [0.2, 0.25) is 11.8 Å². The van der Waals surface area contributed by atoms with E-state index in [1.165, 1.54) is 0 Å². The van der Waals surface area contributed by atoms with E-state index in [-0.39, 0.29) is 29.6 Å². The highest BCUT2D eigenvalue weighted by Gasteiger charge is 2.47. The van der Waals surface area contributed by atoms with Gasteiger partial charge in [0.15, 0.2) is 6.61 Å². The fourth-order valence-electron chi connectivity index (χ4n) is 4.21. The molecule has 4 rings (SSSR count). The molecule has 0 bridgehead atoms. The van der Waals surface area contributed by atoms with Crippen molar-refractivity contribution in [3.63, 3.8) is 0 Å². The number of benzene rings is 1. The molecule has 0 aromatic heterocycles. The van der Waals surface area contributed by atoms with Crippen LogP contribution in [0, 0.1) is 11.8 Å². The number of rotatable bonds is 4. The van der Waals surface area contributed by atoms with Crippen LogP contribution in [0.2, 0.25) is 0 Å². The van der Waals surface area contributed by atoms with E-state index in [1.54, 1.807) is 4.90 Å². The minimum absolute atomic E-state index is 0.308. The molecule has 7 heteroatoms. The average Bonchev–Trinajstić information content (AvgIpc) is 2.96. The van der Waals surface area contributed by atoms with Gasteiger partial charge in [-0.05, 0) is 37.3 Å². The van der Waals surface area contributed by atoms with Crippen molar-refractivity contribution < 1.29 is 23.9 Å². The second-order valence-corrected chi connectivity index (χ2v) is 7.36. The number of imide groups is 1. The number of allylic oxidation sites excluding steroid dienone is 2. The topological polar surface area (TPSA) is 84.0 Å². The standard InChI is InChI=1S/C21H22N2O5/c24-18(22-11-5-7-14-6-1-4-10-17(14)22)13-28-19(25)12-23-20(26)15-8-2-3-9-16(15)21(23)27/h1-4,6,10,15-16H,5,7-9,11-13H2. The van der Waals surface area contributed by atoms with Gasteiger partial charge in [-0.2, -0.15) is 0 Å². The lowest BCUT2D eigenvalue weighted by Gasteiger charge is -2.29. The van der Waals surface area contributed by atoms with E-state index >= 15 is 0 Å². The zero-order chi connectivity index (χ0) is 19.7. The second-order valence-electron chi connectivity index (χ2n) is 7.36. The zero-order valence-electron chi connectivity index (χ0n) is 15.5. The minimum Gasteiger partial charge on any atom is -0.454 e. The fraction of sp³-hybridized carbons (Fsp3) is 0.429. The van der Waals surface area contributed by atoms with Gasteiger partial charge in [0, 0.05) is 12.2 Å². The maximum Gasteiger partial charge on any atom is 0.326 e. The van der Waals surface area contributed by atoms with Crippen LogP contribution in [-0.2, 0) is 30.3 Å². The molecule has 28 heavy (non-hydrogen) atoms. The Balaban J connectivity index is 1.33. The summed E-state index contributed by atoms with van der Waals surface area (Å²) in [6.45, 7) is -0.265. The van der Waals surface area contributed by atoms with Crippen LogP contribution >= 0.6 is 0 Å². The molecule has 1 aromatic carbocycles. The molecule has 2 unspecified atom stereocenters. The van der Waals surface area contributed by atoms with Crippen LogP contribution in [0.25, 0.3) is 0 Å². The number of fused-ring (bicyclic) bond motifs is 2. The lowest BCUT2D eigenvalue weighted by Crippen LogP contribution is -2.40. The normalized spacial score (nSPS) is 23.4. The summed E-state index contributed by atoms with van der Waals surface area (Å²) in [6.07, 6.45) is 6.59. The number of aryl methyl sites for hydroxylation is 1. The summed E-state index contributed by atoms with van der Waals surface area (Å²) in [5.74, 6) is -2.46. The van der Waals surface area contributed by atoms with Crippen LogP contribution in [0.5, 0.6) is 0 Å². The number of esters is 1. The summed E-state index contributed by atoms with van der Waals surface area (Å²) in [4.78, 5) is 52.1. The molecule has 2 heterocycles. The molecule has 3 amide bonds. The summed E-state index contributed by atoms with van der Waals surface area (Å²) in [5.41, 5.74) is 1.94. The third-order valence-corrected chi connectivity index (χ3v) is 5.65. The molecule has 1 aliphatic carbocycles. The van der Waals surface area contributed by atoms with Gasteiger partial charge in [-0.25, -0.2) is 0 Å². The molecule has 1 saturated heterocycles. The Morgan fingerprint density at radius 3 is 2.43 bits per heavy atom.